The number of hydrogen-bond acceptors (Lipinski definition) is 3. The first kappa shape index (κ1) is 9.42. The van der Waals surface area contributed by atoms with Crippen LogP contribution in [0.5, 0.6) is 5.75 Å². The molecule has 2 heterocycles. The maximum absolute atomic E-state index is 9.25. The summed E-state index contributed by atoms with van der Waals surface area (Å²) in [5.41, 5.74) is 4.27. The zero-order chi connectivity index (χ0) is 11.1. The molecule has 0 spiro atoms. The molecule has 1 aromatic carbocycles. The van der Waals surface area contributed by atoms with Crippen molar-refractivity contribution in [2.24, 2.45) is 0 Å². The molecule has 0 atom stereocenters. The van der Waals surface area contributed by atoms with Crippen LogP contribution in [0.15, 0.2) is 24.3 Å². The highest BCUT2D eigenvalue weighted by Crippen LogP contribution is 2.26. The van der Waals surface area contributed by atoms with E-state index in [0.717, 1.165) is 17.1 Å². The lowest BCUT2D eigenvalue weighted by molar-refractivity contribution is 0.130. The van der Waals surface area contributed by atoms with Crippen LogP contribution in [0.4, 0.5) is 0 Å². The van der Waals surface area contributed by atoms with E-state index in [-0.39, 0.29) is 5.75 Å². The molecule has 0 saturated carbocycles. The number of nitrogens with zero attached hydrogens (tertiary/aromatic N) is 2. The van der Waals surface area contributed by atoms with Gasteiger partial charge in [-0.2, -0.15) is 5.10 Å². The molecule has 1 aliphatic rings. The topological polar surface area (TPSA) is 47.3 Å². The first-order valence-corrected chi connectivity index (χ1v) is 5.20. The minimum atomic E-state index is 0.264. The molecule has 1 aliphatic heterocycles. The Morgan fingerprint density at radius 1 is 1.25 bits per heavy atom. The number of aryl methyl sites for hydroxylation is 1. The summed E-state index contributed by atoms with van der Waals surface area (Å²) in [6.45, 7) is 3.25. The molecular weight excluding hydrogens is 204 g/mol. The van der Waals surface area contributed by atoms with Gasteiger partial charge in [0.05, 0.1) is 30.3 Å². The van der Waals surface area contributed by atoms with Crippen molar-refractivity contribution in [1.29, 1.82) is 0 Å². The van der Waals surface area contributed by atoms with Gasteiger partial charge in [-0.1, -0.05) is 0 Å². The smallest absolute Gasteiger partial charge is 0.115 e. The molecule has 0 aliphatic carbocycles. The maximum atomic E-state index is 9.25. The Labute approximate surface area is 93.1 Å². The quantitative estimate of drug-likeness (QED) is 0.792. The van der Waals surface area contributed by atoms with E-state index in [4.69, 9.17) is 4.74 Å². The van der Waals surface area contributed by atoms with Gasteiger partial charge in [-0.15, -0.1) is 0 Å². The second kappa shape index (κ2) is 3.35. The molecule has 0 fully saturated rings. The summed E-state index contributed by atoms with van der Waals surface area (Å²) in [4.78, 5) is 0. The molecule has 1 aromatic heterocycles. The standard InChI is InChI=1S/C12H12N2O2/c1-8-11-6-16-7-12(11)14(13-8)9-2-4-10(15)5-3-9/h2-5,15H,6-7H2,1H3. The van der Waals surface area contributed by atoms with Gasteiger partial charge in [-0.05, 0) is 31.2 Å². The molecule has 16 heavy (non-hydrogen) atoms. The Hall–Kier alpha value is -1.81. The molecule has 0 radical (unpaired) electrons. The predicted molar refractivity (Wildman–Crippen MR) is 58.5 cm³/mol. The van der Waals surface area contributed by atoms with Gasteiger partial charge in [-0.25, -0.2) is 4.68 Å². The van der Waals surface area contributed by atoms with Crippen LogP contribution in [0.3, 0.4) is 0 Å². The molecule has 4 heteroatoms. The third-order valence-corrected chi connectivity index (χ3v) is 2.87. The van der Waals surface area contributed by atoms with Gasteiger partial charge in [0.2, 0.25) is 0 Å². The van der Waals surface area contributed by atoms with Crippen molar-refractivity contribution in [2.45, 2.75) is 20.1 Å². The lowest BCUT2D eigenvalue weighted by Gasteiger charge is -2.04. The zero-order valence-electron chi connectivity index (χ0n) is 8.97. The van der Waals surface area contributed by atoms with Gasteiger partial charge < -0.3 is 9.84 Å². The van der Waals surface area contributed by atoms with Crippen molar-refractivity contribution in [1.82, 2.24) is 9.78 Å². The fraction of sp³-hybridized carbons (Fsp3) is 0.250. The average Bonchev–Trinajstić information content (AvgIpc) is 2.84. The Morgan fingerprint density at radius 3 is 2.75 bits per heavy atom. The molecule has 0 unspecified atom stereocenters. The van der Waals surface area contributed by atoms with Gasteiger partial charge >= 0.3 is 0 Å². The maximum Gasteiger partial charge on any atom is 0.115 e. The van der Waals surface area contributed by atoms with Crippen molar-refractivity contribution in [3.8, 4) is 11.4 Å². The first-order valence-electron chi connectivity index (χ1n) is 5.20. The number of aromatic hydroxyl groups is 1. The van der Waals surface area contributed by atoms with Gasteiger partial charge in [0.1, 0.15) is 5.75 Å². The molecule has 4 nitrogen and oxygen atoms in total. The van der Waals surface area contributed by atoms with Crippen LogP contribution >= 0.6 is 0 Å². The van der Waals surface area contributed by atoms with Crippen LogP contribution < -0.4 is 0 Å². The highest BCUT2D eigenvalue weighted by molar-refractivity contribution is 5.40. The van der Waals surface area contributed by atoms with E-state index in [2.05, 4.69) is 5.10 Å². The van der Waals surface area contributed by atoms with Crippen LogP contribution in [-0.4, -0.2) is 14.9 Å². The normalized spacial score (nSPS) is 14.1. The predicted octanol–water partition coefficient (Wildman–Crippen LogP) is 1.92. The van der Waals surface area contributed by atoms with Crippen LogP contribution in [0, 0.1) is 6.92 Å². The van der Waals surface area contributed by atoms with Gasteiger partial charge in [0, 0.05) is 5.56 Å². The van der Waals surface area contributed by atoms with E-state index >= 15 is 0 Å². The number of benzene rings is 1. The molecular formula is C12H12N2O2. The summed E-state index contributed by atoms with van der Waals surface area (Å²) in [6, 6.07) is 7.02. The third kappa shape index (κ3) is 1.31. The monoisotopic (exact) mass is 216 g/mol. The number of phenols is 1. The second-order valence-corrected chi connectivity index (χ2v) is 3.93. The van der Waals surface area contributed by atoms with E-state index < -0.39 is 0 Å². The molecule has 3 rings (SSSR count). The largest absolute Gasteiger partial charge is 0.508 e. The second-order valence-electron chi connectivity index (χ2n) is 3.93. The van der Waals surface area contributed by atoms with E-state index in [1.54, 1.807) is 12.1 Å². The van der Waals surface area contributed by atoms with Crippen LogP contribution in [0.2, 0.25) is 0 Å². The summed E-state index contributed by atoms with van der Waals surface area (Å²) in [7, 11) is 0. The summed E-state index contributed by atoms with van der Waals surface area (Å²) in [5, 5.41) is 13.7. The highest BCUT2D eigenvalue weighted by atomic mass is 16.5. The molecule has 2 aromatic rings. The van der Waals surface area contributed by atoms with E-state index in [1.807, 2.05) is 23.7 Å². The summed E-state index contributed by atoms with van der Waals surface area (Å²) in [5.74, 6) is 0.264. The average molecular weight is 216 g/mol. The van der Waals surface area contributed by atoms with Crippen LogP contribution in [-0.2, 0) is 18.0 Å². The number of fused-ring (bicyclic) bond motifs is 1. The lowest BCUT2D eigenvalue weighted by atomic mass is 10.2. The fourth-order valence-corrected chi connectivity index (χ4v) is 2.00. The summed E-state index contributed by atoms with van der Waals surface area (Å²) >= 11 is 0. The number of phenolic OH excluding ortho intramolecular Hbond substituents is 1. The summed E-state index contributed by atoms with van der Waals surface area (Å²) in [6.07, 6.45) is 0. The lowest BCUT2D eigenvalue weighted by Crippen LogP contribution is -2.01. The van der Waals surface area contributed by atoms with Crippen molar-refractivity contribution in [3.63, 3.8) is 0 Å². The number of aromatic nitrogens is 2. The molecule has 0 bridgehead atoms. The van der Waals surface area contributed by atoms with Crippen molar-refractivity contribution in [3.05, 3.63) is 41.2 Å². The van der Waals surface area contributed by atoms with Gasteiger partial charge in [-0.3, -0.25) is 0 Å². The Kier molecular flexibility index (Phi) is 1.97. The molecule has 0 amide bonds. The SMILES string of the molecule is Cc1nn(-c2ccc(O)cc2)c2c1COC2. The Bertz CT molecular complexity index is 529. The Balaban J connectivity index is 2.13. The van der Waals surface area contributed by atoms with Crippen molar-refractivity contribution < 1.29 is 9.84 Å². The highest BCUT2D eigenvalue weighted by Gasteiger charge is 2.21. The molecule has 1 N–H and O–H groups in total. The minimum absolute atomic E-state index is 0.264. The van der Waals surface area contributed by atoms with E-state index in [9.17, 15) is 5.11 Å². The minimum Gasteiger partial charge on any atom is -0.508 e. The summed E-state index contributed by atoms with van der Waals surface area (Å²) < 4.78 is 7.30. The van der Waals surface area contributed by atoms with Crippen LogP contribution in [0.1, 0.15) is 17.0 Å². The van der Waals surface area contributed by atoms with E-state index in [1.165, 1.54) is 5.56 Å². The van der Waals surface area contributed by atoms with E-state index in [0.29, 0.717) is 13.2 Å². The third-order valence-electron chi connectivity index (χ3n) is 2.87. The fourth-order valence-electron chi connectivity index (χ4n) is 2.00. The van der Waals surface area contributed by atoms with Crippen molar-refractivity contribution >= 4 is 0 Å². The molecule has 82 valence electrons. The number of rotatable bonds is 1. The zero-order valence-corrected chi connectivity index (χ0v) is 8.97. The van der Waals surface area contributed by atoms with Crippen molar-refractivity contribution in [2.75, 3.05) is 0 Å². The van der Waals surface area contributed by atoms with Gasteiger partial charge in [0.25, 0.3) is 0 Å². The molecule has 0 saturated heterocycles. The number of ether oxygens (including phenoxy) is 1. The number of hydrogen-bond donors (Lipinski definition) is 1. The Morgan fingerprint density at radius 2 is 2.00 bits per heavy atom. The first-order chi connectivity index (χ1) is 7.75. The van der Waals surface area contributed by atoms with Gasteiger partial charge in [0.15, 0.2) is 0 Å². The van der Waals surface area contributed by atoms with Crippen LogP contribution in [0.25, 0.3) is 5.69 Å².